The lowest BCUT2D eigenvalue weighted by atomic mass is 10.1. The van der Waals surface area contributed by atoms with Crippen molar-refractivity contribution in [3.63, 3.8) is 0 Å². The number of ether oxygens (including phenoxy) is 1. The van der Waals surface area contributed by atoms with E-state index in [2.05, 4.69) is 4.90 Å². The predicted octanol–water partition coefficient (Wildman–Crippen LogP) is 1.70. The monoisotopic (exact) mass is 369 g/mol. The minimum absolute atomic E-state index is 0.288. The molecule has 1 aromatic carbocycles. The number of anilines is 1. The molecule has 1 amide bonds. The average Bonchev–Trinajstić information content (AvgIpc) is 2.54. The zero-order valence-corrected chi connectivity index (χ0v) is 16.2. The number of benzene rings is 1. The van der Waals surface area contributed by atoms with Crippen LogP contribution in [0.4, 0.5) is 10.5 Å². The first kappa shape index (κ1) is 19.5. The molecule has 0 radical (unpaired) electrons. The molecule has 140 valence electrons. The molecule has 0 atom stereocenters. The molecule has 0 bridgehead atoms. The number of para-hydroxylation sites is 1. The van der Waals surface area contributed by atoms with E-state index in [0.717, 1.165) is 11.3 Å². The van der Waals surface area contributed by atoms with Gasteiger partial charge in [0.05, 0.1) is 0 Å². The van der Waals surface area contributed by atoms with Crippen LogP contribution in [-0.4, -0.2) is 62.5 Å². The van der Waals surface area contributed by atoms with Crippen LogP contribution in [0.15, 0.2) is 24.3 Å². The number of thiol groups is 1. The summed E-state index contributed by atoms with van der Waals surface area (Å²) in [6, 6.07) is 7.77. The van der Waals surface area contributed by atoms with Crippen LogP contribution in [0.1, 0.15) is 26.3 Å². The Labute approximate surface area is 151 Å². The molecule has 25 heavy (non-hydrogen) atoms. The summed E-state index contributed by atoms with van der Waals surface area (Å²) >= 11 is 0. The van der Waals surface area contributed by atoms with E-state index in [-0.39, 0.29) is 6.09 Å². The maximum atomic E-state index is 12.2. The number of rotatable bonds is 4. The molecule has 0 saturated carbocycles. The Bertz CT molecular complexity index is 669. The fourth-order valence-corrected chi connectivity index (χ4v) is 2.98. The third-order valence-corrected chi connectivity index (χ3v) is 4.64. The number of carbonyl (C=O) groups is 1. The fraction of sp³-hybridized carbons (Fsp3) is 0.588. The summed E-state index contributed by atoms with van der Waals surface area (Å²) in [5.41, 5.74) is 1.46. The molecule has 0 unspecified atom stereocenters. The molecule has 0 N–H and O–H groups in total. The standard InChI is InChI=1S/C17H27N3O4S/c1-17(2,3)24-16(21)20-11-9-19(10-12-20)15-8-6-5-7-14(15)13-18(4)25(22)23/h5-8,25H,9-13H2,1-4H3. The van der Waals surface area contributed by atoms with E-state index in [1.165, 1.54) is 4.31 Å². The SMILES string of the molecule is CN(Cc1ccccc1N1CCN(C(=O)OC(C)(C)C)CC1)[SH](=O)=O. The van der Waals surface area contributed by atoms with Gasteiger partial charge in [0.2, 0.25) is 10.9 Å². The Morgan fingerprint density at radius 1 is 1.16 bits per heavy atom. The Hall–Kier alpha value is -1.80. The molecule has 0 aromatic heterocycles. The third-order valence-electron chi connectivity index (χ3n) is 3.94. The molecule has 1 saturated heterocycles. The summed E-state index contributed by atoms with van der Waals surface area (Å²) in [7, 11) is -1.04. The van der Waals surface area contributed by atoms with Crippen LogP contribution in [0.3, 0.4) is 0 Å². The zero-order valence-electron chi connectivity index (χ0n) is 15.3. The first-order valence-electron chi connectivity index (χ1n) is 8.33. The van der Waals surface area contributed by atoms with Crippen LogP contribution in [0.5, 0.6) is 0 Å². The molecule has 0 aliphatic carbocycles. The lowest BCUT2D eigenvalue weighted by Gasteiger charge is -2.37. The molecular weight excluding hydrogens is 342 g/mol. The first-order valence-corrected chi connectivity index (χ1v) is 9.46. The zero-order chi connectivity index (χ0) is 18.6. The first-order chi connectivity index (χ1) is 11.7. The highest BCUT2D eigenvalue weighted by Gasteiger charge is 2.26. The van der Waals surface area contributed by atoms with E-state index in [9.17, 15) is 13.2 Å². The maximum absolute atomic E-state index is 12.2. The summed E-state index contributed by atoms with van der Waals surface area (Å²) < 4.78 is 28.9. The predicted molar refractivity (Wildman–Crippen MR) is 98.2 cm³/mol. The van der Waals surface area contributed by atoms with E-state index in [1.54, 1.807) is 11.9 Å². The number of amides is 1. The van der Waals surface area contributed by atoms with Gasteiger partial charge in [0, 0.05) is 45.5 Å². The van der Waals surface area contributed by atoms with Crippen LogP contribution < -0.4 is 4.90 Å². The van der Waals surface area contributed by atoms with Crippen LogP contribution in [-0.2, 0) is 22.2 Å². The lowest BCUT2D eigenvalue weighted by molar-refractivity contribution is 0.0240. The van der Waals surface area contributed by atoms with Crippen LogP contribution in [0, 0.1) is 0 Å². The van der Waals surface area contributed by atoms with E-state index < -0.39 is 16.5 Å². The van der Waals surface area contributed by atoms with Gasteiger partial charge in [-0.25, -0.2) is 17.5 Å². The molecule has 1 aliphatic rings. The fourth-order valence-electron chi connectivity index (χ4n) is 2.71. The van der Waals surface area contributed by atoms with Gasteiger partial charge in [0.25, 0.3) is 0 Å². The summed E-state index contributed by atoms with van der Waals surface area (Å²) in [4.78, 5) is 16.1. The molecule has 1 heterocycles. The topological polar surface area (TPSA) is 70.2 Å². The molecular formula is C17H27N3O4S. The molecule has 7 nitrogen and oxygen atoms in total. The highest BCUT2D eigenvalue weighted by atomic mass is 32.2. The second kappa shape index (κ2) is 8.05. The van der Waals surface area contributed by atoms with Crippen molar-refractivity contribution in [3.05, 3.63) is 29.8 Å². The van der Waals surface area contributed by atoms with Gasteiger partial charge in [-0.2, -0.15) is 0 Å². The van der Waals surface area contributed by atoms with Crippen molar-refractivity contribution < 1.29 is 17.9 Å². The minimum atomic E-state index is -2.60. The Balaban J connectivity index is 2.02. The van der Waals surface area contributed by atoms with Crippen molar-refractivity contribution in [3.8, 4) is 0 Å². The highest BCUT2D eigenvalue weighted by molar-refractivity contribution is 7.69. The van der Waals surface area contributed by atoms with E-state index in [4.69, 9.17) is 4.74 Å². The van der Waals surface area contributed by atoms with Crippen molar-refractivity contribution in [2.75, 3.05) is 38.1 Å². The number of nitrogens with zero attached hydrogens (tertiary/aromatic N) is 3. The van der Waals surface area contributed by atoms with Gasteiger partial charge in [0.15, 0.2) is 0 Å². The maximum Gasteiger partial charge on any atom is 0.410 e. The van der Waals surface area contributed by atoms with Gasteiger partial charge in [-0.15, -0.1) is 0 Å². The van der Waals surface area contributed by atoms with Crippen LogP contribution in [0.2, 0.25) is 0 Å². The Morgan fingerprint density at radius 3 is 2.32 bits per heavy atom. The van der Waals surface area contributed by atoms with Crippen molar-refractivity contribution in [2.24, 2.45) is 0 Å². The number of hydrogen-bond donors (Lipinski definition) is 1. The summed E-state index contributed by atoms with van der Waals surface area (Å²) in [5, 5.41) is 0. The molecule has 1 aliphatic heterocycles. The van der Waals surface area contributed by atoms with E-state index in [0.29, 0.717) is 32.7 Å². The number of carbonyl (C=O) groups excluding carboxylic acids is 1. The largest absolute Gasteiger partial charge is 0.444 e. The van der Waals surface area contributed by atoms with Crippen molar-refractivity contribution in [1.29, 1.82) is 0 Å². The van der Waals surface area contributed by atoms with Gasteiger partial charge >= 0.3 is 6.09 Å². The van der Waals surface area contributed by atoms with Crippen LogP contribution in [0.25, 0.3) is 0 Å². The Morgan fingerprint density at radius 2 is 1.76 bits per heavy atom. The number of hydrogen-bond acceptors (Lipinski definition) is 5. The normalized spacial score (nSPS) is 15.8. The quantitative estimate of drug-likeness (QED) is 0.818. The second-order valence-electron chi connectivity index (χ2n) is 7.14. The molecule has 2 rings (SSSR count). The Kier molecular flexibility index (Phi) is 6.29. The van der Waals surface area contributed by atoms with E-state index >= 15 is 0 Å². The van der Waals surface area contributed by atoms with Gasteiger partial charge in [0.1, 0.15) is 5.60 Å². The third kappa shape index (κ3) is 5.61. The van der Waals surface area contributed by atoms with Crippen molar-refractivity contribution >= 4 is 22.7 Å². The van der Waals surface area contributed by atoms with Gasteiger partial charge in [-0.05, 0) is 32.4 Å². The lowest BCUT2D eigenvalue weighted by Crippen LogP contribution is -2.50. The highest BCUT2D eigenvalue weighted by Crippen LogP contribution is 2.23. The summed E-state index contributed by atoms with van der Waals surface area (Å²) in [6.45, 7) is 8.43. The molecule has 0 spiro atoms. The minimum Gasteiger partial charge on any atom is -0.444 e. The summed E-state index contributed by atoms with van der Waals surface area (Å²) in [6.07, 6.45) is -0.288. The summed E-state index contributed by atoms with van der Waals surface area (Å²) in [5.74, 6) is 0. The van der Waals surface area contributed by atoms with Crippen LogP contribution >= 0.6 is 0 Å². The molecule has 1 fully saturated rings. The van der Waals surface area contributed by atoms with Gasteiger partial charge < -0.3 is 14.5 Å². The van der Waals surface area contributed by atoms with Crippen molar-refractivity contribution in [1.82, 2.24) is 9.21 Å². The second-order valence-corrected chi connectivity index (χ2v) is 8.30. The number of piperazine rings is 1. The molecule has 8 heteroatoms. The smallest absolute Gasteiger partial charge is 0.410 e. The van der Waals surface area contributed by atoms with Gasteiger partial charge in [-0.1, -0.05) is 18.2 Å². The van der Waals surface area contributed by atoms with Crippen molar-refractivity contribution in [2.45, 2.75) is 32.9 Å². The van der Waals surface area contributed by atoms with E-state index in [1.807, 2.05) is 45.0 Å². The average molecular weight is 369 g/mol. The van der Waals surface area contributed by atoms with Gasteiger partial charge in [-0.3, -0.25) is 0 Å². The molecule has 1 aromatic rings.